The minimum absolute atomic E-state index is 0.237. The normalized spacial score (nSPS) is 11.1. The van der Waals surface area contributed by atoms with Gasteiger partial charge in [-0.2, -0.15) is 0 Å². The number of nitrogens with one attached hydrogen (secondary N) is 1. The topological polar surface area (TPSA) is 122 Å². The Morgan fingerprint density at radius 3 is 2.57 bits per heavy atom. The van der Waals surface area contributed by atoms with E-state index in [9.17, 15) is 24.4 Å². The van der Waals surface area contributed by atoms with E-state index < -0.39 is 27.9 Å². The molecule has 0 saturated heterocycles. The molecule has 0 saturated carbocycles. The predicted molar refractivity (Wildman–Crippen MR) is 74.1 cm³/mol. The van der Waals surface area contributed by atoms with Gasteiger partial charge in [0.15, 0.2) is 5.82 Å². The van der Waals surface area contributed by atoms with Crippen LogP contribution in [-0.4, -0.2) is 40.0 Å². The molecule has 0 aliphatic rings. The van der Waals surface area contributed by atoms with Crippen LogP contribution in [0.2, 0.25) is 0 Å². The lowest BCUT2D eigenvalue weighted by molar-refractivity contribution is -0.385. The van der Waals surface area contributed by atoms with Crippen molar-refractivity contribution < 1.29 is 19.2 Å². The van der Waals surface area contributed by atoms with Crippen LogP contribution in [0.5, 0.6) is 0 Å². The molecule has 0 heterocycles. The van der Waals surface area contributed by atoms with Crippen molar-refractivity contribution in [3.8, 4) is 0 Å². The summed E-state index contributed by atoms with van der Waals surface area (Å²) in [6, 6.07) is 1.60. The summed E-state index contributed by atoms with van der Waals surface area (Å²) in [6.45, 7) is 2.83. The maximum Gasteiger partial charge on any atom is 0.285 e. The second kappa shape index (κ2) is 6.02. The van der Waals surface area contributed by atoms with E-state index >= 15 is 0 Å². The lowest BCUT2D eigenvalue weighted by Gasteiger charge is -2.33. The number of nitro groups is 1. The number of nitrogen functional groups attached to an aromatic ring is 1. The molecule has 0 bridgehead atoms. The van der Waals surface area contributed by atoms with Crippen molar-refractivity contribution in [3.05, 3.63) is 33.6 Å². The molecule has 0 radical (unpaired) electrons. The van der Waals surface area contributed by atoms with Gasteiger partial charge >= 0.3 is 0 Å². The number of aliphatic hydroxyl groups excluding tert-OH is 1. The Labute approximate surface area is 120 Å². The Hall–Kier alpha value is -2.26. The van der Waals surface area contributed by atoms with Gasteiger partial charge in [0.2, 0.25) is 0 Å². The average molecular weight is 300 g/mol. The average Bonchev–Trinajstić information content (AvgIpc) is 2.45. The largest absolute Gasteiger partial charge is 0.394 e. The molecule has 0 spiro atoms. The molecule has 9 heteroatoms. The molecule has 0 aliphatic heterocycles. The Kier molecular flexibility index (Phi) is 4.81. The number of rotatable bonds is 5. The maximum absolute atomic E-state index is 13.5. The van der Waals surface area contributed by atoms with Crippen molar-refractivity contribution in [1.29, 1.82) is 0 Å². The maximum atomic E-state index is 13.5. The summed E-state index contributed by atoms with van der Waals surface area (Å²) >= 11 is 0. The number of carbonyl (C=O) groups is 1. The Morgan fingerprint density at radius 2 is 2.14 bits per heavy atom. The fraction of sp³-hybridized carbons (Fsp3) is 0.417. The SMILES string of the molecule is CN(C(=O)c1cc(NN)c(F)cc1[N+](=O)[O-])C(C)(C)CO. The first-order valence-electron chi connectivity index (χ1n) is 5.99. The minimum Gasteiger partial charge on any atom is -0.394 e. The van der Waals surface area contributed by atoms with Gasteiger partial charge in [0.1, 0.15) is 5.56 Å². The molecule has 1 aromatic carbocycles. The van der Waals surface area contributed by atoms with Crippen molar-refractivity contribution >= 4 is 17.3 Å². The van der Waals surface area contributed by atoms with E-state index in [1.807, 2.05) is 5.43 Å². The number of carbonyl (C=O) groups excluding carboxylic acids is 1. The van der Waals surface area contributed by atoms with Crippen LogP contribution in [0.4, 0.5) is 15.8 Å². The van der Waals surface area contributed by atoms with Crippen LogP contribution in [0.3, 0.4) is 0 Å². The van der Waals surface area contributed by atoms with Crippen molar-refractivity contribution in [2.75, 3.05) is 19.1 Å². The number of anilines is 1. The monoisotopic (exact) mass is 300 g/mol. The number of likely N-dealkylation sites (N-methyl/N-ethyl adjacent to an activating group) is 1. The van der Waals surface area contributed by atoms with Crippen molar-refractivity contribution in [2.45, 2.75) is 19.4 Å². The van der Waals surface area contributed by atoms with E-state index in [0.717, 1.165) is 11.0 Å². The number of nitro benzene ring substituents is 1. The van der Waals surface area contributed by atoms with Crippen LogP contribution in [0, 0.1) is 15.9 Å². The summed E-state index contributed by atoms with van der Waals surface area (Å²) in [5.41, 5.74) is -0.131. The second-order valence-electron chi connectivity index (χ2n) is 5.09. The molecule has 8 nitrogen and oxygen atoms in total. The van der Waals surface area contributed by atoms with Crippen molar-refractivity contribution in [2.24, 2.45) is 5.84 Å². The molecule has 1 amide bonds. The molecule has 0 aliphatic carbocycles. The van der Waals surface area contributed by atoms with Crippen molar-refractivity contribution in [3.63, 3.8) is 0 Å². The minimum atomic E-state index is -0.940. The highest BCUT2D eigenvalue weighted by atomic mass is 19.1. The molecular formula is C12H17FN4O4. The van der Waals surface area contributed by atoms with Crippen LogP contribution in [0.25, 0.3) is 0 Å². The summed E-state index contributed by atoms with van der Waals surface area (Å²) < 4.78 is 13.5. The van der Waals surface area contributed by atoms with Crippen LogP contribution >= 0.6 is 0 Å². The molecule has 4 N–H and O–H groups in total. The highest BCUT2D eigenvalue weighted by Gasteiger charge is 2.32. The second-order valence-corrected chi connectivity index (χ2v) is 5.09. The van der Waals surface area contributed by atoms with Gasteiger partial charge in [-0.3, -0.25) is 20.8 Å². The first-order valence-corrected chi connectivity index (χ1v) is 5.99. The summed E-state index contributed by atoms with van der Waals surface area (Å²) in [4.78, 5) is 23.7. The zero-order valence-electron chi connectivity index (χ0n) is 11.9. The lowest BCUT2D eigenvalue weighted by atomic mass is 10.0. The number of hydrogen-bond donors (Lipinski definition) is 3. The van der Waals surface area contributed by atoms with Gasteiger partial charge in [0, 0.05) is 7.05 Å². The summed E-state index contributed by atoms with van der Waals surface area (Å²) in [5, 5.41) is 20.3. The van der Waals surface area contributed by atoms with Crippen LogP contribution in [0.15, 0.2) is 12.1 Å². The van der Waals surface area contributed by atoms with Crippen LogP contribution < -0.4 is 11.3 Å². The van der Waals surface area contributed by atoms with Gasteiger partial charge in [-0.25, -0.2) is 4.39 Å². The predicted octanol–water partition coefficient (Wildman–Crippen LogP) is 0.862. The van der Waals surface area contributed by atoms with E-state index in [2.05, 4.69) is 0 Å². The number of hydrogen-bond acceptors (Lipinski definition) is 6. The summed E-state index contributed by atoms with van der Waals surface area (Å²) in [6.07, 6.45) is 0. The number of aliphatic hydroxyl groups is 1. The third-order valence-corrected chi connectivity index (χ3v) is 3.27. The molecular weight excluding hydrogens is 283 g/mol. The number of amides is 1. The van der Waals surface area contributed by atoms with Crippen LogP contribution in [0.1, 0.15) is 24.2 Å². The van der Waals surface area contributed by atoms with Gasteiger partial charge in [-0.05, 0) is 19.9 Å². The number of hydrazine groups is 1. The van der Waals surface area contributed by atoms with Gasteiger partial charge in [0.25, 0.3) is 11.6 Å². The zero-order chi connectivity index (χ0) is 16.4. The number of nitrogens with zero attached hydrogens (tertiary/aromatic N) is 2. The molecule has 1 aromatic rings. The van der Waals surface area contributed by atoms with Crippen LogP contribution in [-0.2, 0) is 0 Å². The fourth-order valence-corrected chi connectivity index (χ4v) is 1.56. The van der Waals surface area contributed by atoms with Gasteiger partial charge in [-0.15, -0.1) is 0 Å². The highest BCUT2D eigenvalue weighted by Crippen LogP contribution is 2.28. The number of nitrogens with two attached hydrogens (primary N) is 1. The Balaban J connectivity index is 3.40. The highest BCUT2D eigenvalue weighted by molar-refractivity contribution is 5.99. The Morgan fingerprint density at radius 1 is 1.57 bits per heavy atom. The third-order valence-electron chi connectivity index (χ3n) is 3.27. The molecule has 1 rings (SSSR count). The Bertz CT molecular complexity index is 577. The van der Waals surface area contributed by atoms with E-state index in [1.54, 1.807) is 13.8 Å². The first-order chi connectivity index (χ1) is 9.65. The van der Waals surface area contributed by atoms with E-state index in [0.29, 0.717) is 6.07 Å². The zero-order valence-corrected chi connectivity index (χ0v) is 11.9. The van der Waals surface area contributed by atoms with E-state index in [-0.39, 0.29) is 17.9 Å². The molecule has 0 fully saturated rings. The molecule has 0 atom stereocenters. The summed E-state index contributed by atoms with van der Waals surface area (Å²) in [7, 11) is 1.39. The molecule has 116 valence electrons. The molecule has 0 aromatic heterocycles. The number of benzene rings is 1. The molecule has 21 heavy (non-hydrogen) atoms. The van der Waals surface area contributed by atoms with E-state index in [1.165, 1.54) is 7.05 Å². The van der Waals surface area contributed by atoms with Crippen molar-refractivity contribution in [1.82, 2.24) is 4.90 Å². The third kappa shape index (κ3) is 3.26. The van der Waals surface area contributed by atoms with Gasteiger partial charge in [0.05, 0.1) is 28.8 Å². The fourth-order valence-electron chi connectivity index (χ4n) is 1.56. The summed E-state index contributed by atoms with van der Waals surface area (Å²) in [5.74, 6) is 3.44. The lowest BCUT2D eigenvalue weighted by Crippen LogP contribution is -2.47. The standard InChI is InChI=1S/C12H17FN4O4/c1-12(2,6-18)16(3)11(19)7-4-9(15-14)8(13)5-10(7)17(20)21/h4-5,15,18H,6,14H2,1-3H3. The number of halogens is 1. The van der Waals surface area contributed by atoms with E-state index in [4.69, 9.17) is 5.84 Å². The van der Waals surface area contributed by atoms with Gasteiger partial charge in [-0.1, -0.05) is 0 Å². The van der Waals surface area contributed by atoms with Gasteiger partial charge < -0.3 is 15.4 Å². The first kappa shape index (κ1) is 16.8. The smallest absolute Gasteiger partial charge is 0.285 e. The quantitative estimate of drug-likeness (QED) is 0.421. The molecule has 0 unspecified atom stereocenters.